The third kappa shape index (κ3) is 4.29. The molecule has 114 valence electrons. The van der Waals surface area contributed by atoms with Crippen LogP contribution in [0, 0.1) is 6.92 Å². The molecule has 21 heavy (non-hydrogen) atoms. The lowest BCUT2D eigenvalue weighted by atomic mass is 10.2. The Morgan fingerprint density at radius 2 is 2.14 bits per heavy atom. The molecule has 0 aliphatic rings. The van der Waals surface area contributed by atoms with Crippen LogP contribution < -0.4 is 10.6 Å². The number of rotatable bonds is 5. The molecule has 2 aromatic rings. The zero-order valence-corrected chi connectivity index (χ0v) is 13.6. The highest BCUT2D eigenvalue weighted by Crippen LogP contribution is 2.14. The van der Waals surface area contributed by atoms with Gasteiger partial charge in [0.1, 0.15) is 5.01 Å². The van der Waals surface area contributed by atoms with Crippen molar-refractivity contribution in [2.75, 3.05) is 0 Å². The summed E-state index contributed by atoms with van der Waals surface area (Å²) >= 11 is 1.58. The van der Waals surface area contributed by atoms with E-state index in [-0.39, 0.29) is 12.1 Å². The molecule has 0 spiro atoms. The topological polar surface area (TPSA) is 71.8 Å². The Morgan fingerprint density at radius 3 is 2.71 bits per heavy atom. The van der Waals surface area contributed by atoms with Crippen LogP contribution in [0.4, 0.5) is 4.79 Å². The number of urea groups is 1. The van der Waals surface area contributed by atoms with Gasteiger partial charge in [-0.2, -0.15) is 5.10 Å². The first kappa shape index (κ1) is 15.5. The average Bonchev–Trinajstić information content (AvgIpc) is 3.05. The van der Waals surface area contributed by atoms with Crippen LogP contribution in [0.1, 0.15) is 48.3 Å². The van der Waals surface area contributed by atoms with Crippen molar-refractivity contribution >= 4 is 17.4 Å². The van der Waals surface area contributed by atoms with E-state index < -0.39 is 0 Å². The van der Waals surface area contributed by atoms with E-state index in [0.717, 1.165) is 15.4 Å². The summed E-state index contributed by atoms with van der Waals surface area (Å²) in [5, 5.41) is 10.9. The molecule has 0 aromatic carbocycles. The largest absolute Gasteiger partial charge is 0.332 e. The first-order valence-electron chi connectivity index (χ1n) is 6.95. The van der Waals surface area contributed by atoms with E-state index >= 15 is 0 Å². The second kappa shape index (κ2) is 6.71. The maximum Gasteiger partial charge on any atom is 0.315 e. The zero-order chi connectivity index (χ0) is 15.4. The molecule has 0 radical (unpaired) electrons. The standard InChI is InChI=1S/C14H21N5OS/c1-9(2)19-8-12(6-17-19)11(4)18-14(20)16-7-13-15-5-10(3)21-13/h5-6,8-9,11H,7H2,1-4H3,(H2,16,18,20). The SMILES string of the molecule is Cc1cnc(CNC(=O)NC(C)c2cnn(C(C)C)c2)s1. The van der Waals surface area contributed by atoms with Crippen molar-refractivity contribution in [3.63, 3.8) is 0 Å². The van der Waals surface area contributed by atoms with E-state index in [9.17, 15) is 4.79 Å². The monoisotopic (exact) mass is 307 g/mol. The Bertz CT molecular complexity index is 604. The third-order valence-corrected chi connectivity index (χ3v) is 3.98. The predicted molar refractivity (Wildman–Crippen MR) is 83.2 cm³/mol. The fourth-order valence-electron chi connectivity index (χ4n) is 1.83. The molecule has 0 aliphatic heterocycles. The second-order valence-corrected chi connectivity index (χ2v) is 6.58. The minimum absolute atomic E-state index is 0.0875. The molecule has 0 bridgehead atoms. The van der Waals surface area contributed by atoms with Gasteiger partial charge in [-0.05, 0) is 27.7 Å². The van der Waals surface area contributed by atoms with Crippen molar-refractivity contribution in [1.29, 1.82) is 0 Å². The summed E-state index contributed by atoms with van der Waals surface area (Å²) in [7, 11) is 0. The van der Waals surface area contributed by atoms with Gasteiger partial charge >= 0.3 is 6.03 Å². The van der Waals surface area contributed by atoms with Crippen LogP contribution in [0.15, 0.2) is 18.6 Å². The van der Waals surface area contributed by atoms with E-state index in [2.05, 4.69) is 34.6 Å². The quantitative estimate of drug-likeness (QED) is 0.892. The molecular formula is C14H21N5OS. The Labute approximate surface area is 128 Å². The number of aryl methyl sites for hydroxylation is 1. The van der Waals surface area contributed by atoms with Crippen molar-refractivity contribution in [1.82, 2.24) is 25.4 Å². The van der Waals surface area contributed by atoms with Crippen LogP contribution in [-0.4, -0.2) is 20.8 Å². The average molecular weight is 307 g/mol. The Morgan fingerprint density at radius 1 is 1.38 bits per heavy atom. The summed E-state index contributed by atoms with van der Waals surface area (Å²) in [6.45, 7) is 8.52. The van der Waals surface area contributed by atoms with Crippen LogP contribution >= 0.6 is 11.3 Å². The maximum atomic E-state index is 11.9. The summed E-state index contributed by atoms with van der Waals surface area (Å²) in [4.78, 5) is 17.2. The fraction of sp³-hybridized carbons (Fsp3) is 0.500. The molecule has 2 N–H and O–H groups in total. The van der Waals surface area contributed by atoms with Gasteiger partial charge in [0.25, 0.3) is 0 Å². The summed E-state index contributed by atoms with van der Waals surface area (Å²) in [5.74, 6) is 0. The number of nitrogens with zero attached hydrogens (tertiary/aromatic N) is 3. The molecule has 0 aliphatic carbocycles. The number of hydrogen-bond donors (Lipinski definition) is 2. The van der Waals surface area contributed by atoms with Gasteiger partial charge in [0.15, 0.2) is 0 Å². The summed E-state index contributed by atoms with van der Waals surface area (Å²) in [5.41, 5.74) is 0.990. The van der Waals surface area contributed by atoms with Gasteiger partial charge in [0.05, 0.1) is 18.8 Å². The number of thiazole rings is 1. The highest BCUT2D eigenvalue weighted by Gasteiger charge is 2.12. The fourth-order valence-corrected chi connectivity index (χ4v) is 2.56. The van der Waals surface area contributed by atoms with Gasteiger partial charge in [-0.15, -0.1) is 11.3 Å². The van der Waals surface area contributed by atoms with E-state index in [1.807, 2.05) is 30.9 Å². The van der Waals surface area contributed by atoms with E-state index in [1.54, 1.807) is 17.5 Å². The molecule has 2 rings (SSSR count). The molecule has 1 atom stereocenters. The van der Waals surface area contributed by atoms with E-state index in [1.165, 1.54) is 0 Å². The molecule has 0 saturated heterocycles. The highest BCUT2D eigenvalue weighted by atomic mass is 32.1. The Hall–Kier alpha value is -1.89. The molecule has 0 saturated carbocycles. The number of carbonyl (C=O) groups is 1. The first-order valence-corrected chi connectivity index (χ1v) is 7.77. The number of aromatic nitrogens is 3. The molecular weight excluding hydrogens is 286 g/mol. The number of carbonyl (C=O) groups excluding carboxylic acids is 1. The van der Waals surface area contributed by atoms with Crippen LogP contribution in [0.5, 0.6) is 0 Å². The lowest BCUT2D eigenvalue weighted by Gasteiger charge is -2.12. The van der Waals surface area contributed by atoms with Crippen molar-refractivity contribution < 1.29 is 4.79 Å². The number of hydrogen-bond acceptors (Lipinski definition) is 4. The third-order valence-electron chi connectivity index (χ3n) is 3.07. The molecule has 6 nitrogen and oxygen atoms in total. The van der Waals surface area contributed by atoms with Crippen LogP contribution in [0.25, 0.3) is 0 Å². The molecule has 2 aromatic heterocycles. The van der Waals surface area contributed by atoms with E-state index in [0.29, 0.717) is 12.6 Å². The van der Waals surface area contributed by atoms with Crippen LogP contribution in [-0.2, 0) is 6.54 Å². The number of nitrogens with one attached hydrogen (secondary N) is 2. The van der Waals surface area contributed by atoms with Gasteiger partial charge in [-0.3, -0.25) is 4.68 Å². The maximum absolute atomic E-state index is 11.9. The minimum atomic E-state index is -0.201. The molecule has 2 amide bonds. The van der Waals surface area contributed by atoms with Gasteiger partial charge in [0.2, 0.25) is 0 Å². The van der Waals surface area contributed by atoms with E-state index in [4.69, 9.17) is 0 Å². The molecule has 2 heterocycles. The van der Waals surface area contributed by atoms with Crippen molar-refractivity contribution in [3.05, 3.63) is 34.0 Å². The Balaban J connectivity index is 1.83. The van der Waals surface area contributed by atoms with Gasteiger partial charge < -0.3 is 10.6 Å². The van der Waals surface area contributed by atoms with Crippen molar-refractivity contribution in [2.45, 2.75) is 46.3 Å². The van der Waals surface area contributed by atoms with Crippen molar-refractivity contribution in [2.24, 2.45) is 0 Å². The van der Waals surface area contributed by atoms with Gasteiger partial charge in [-0.25, -0.2) is 9.78 Å². The summed E-state index contributed by atoms with van der Waals surface area (Å²) in [6, 6.07) is 0.0242. The summed E-state index contributed by atoms with van der Waals surface area (Å²) in [6.07, 6.45) is 5.55. The van der Waals surface area contributed by atoms with Gasteiger partial charge in [0, 0.05) is 28.9 Å². The Kier molecular flexibility index (Phi) is 4.95. The molecule has 1 unspecified atom stereocenters. The summed E-state index contributed by atoms with van der Waals surface area (Å²) < 4.78 is 1.88. The first-order chi connectivity index (χ1) is 9.95. The lowest BCUT2D eigenvalue weighted by molar-refractivity contribution is 0.237. The predicted octanol–water partition coefficient (Wildman–Crippen LogP) is 2.79. The highest BCUT2D eigenvalue weighted by molar-refractivity contribution is 7.11. The second-order valence-electron chi connectivity index (χ2n) is 5.26. The van der Waals surface area contributed by atoms with Crippen LogP contribution in [0.3, 0.4) is 0 Å². The number of amides is 2. The minimum Gasteiger partial charge on any atom is -0.332 e. The molecule has 0 fully saturated rings. The van der Waals surface area contributed by atoms with Gasteiger partial charge in [-0.1, -0.05) is 0 Å². The normalized spacial score (nSPS) is 12.4. The zero-order valence-electron chi connectivity index (χ0n) is 12.8. The lowest BCUT2D eigenvalue weighted by Crippen LogP contribution is -2.36. The molecule has 7 heteroatoms. The van der Waals surface area contributed by atoms with Crippen molar-refractivity contribution in [3.8, 4) is 0 Å². The van der Waals surface area contributed by atoms with Crippen LogP contribution in [0.2, 0.25) is 0 Å². The smallest absolute Gasteiger partial charge is 0.315 e.